The number of halogens is 1. The SMILES string of the molecule is CN(C)c1c(-c2cnn(C)c2)cc(Nc2ncc(Br)c(Nc3ccc4nccnc4c3P(C)(C)=O)n2)c2c1CCO2. The Morgan fingerprint density at radius 3 is 2.61 bits per heavy atom. The highest BCUT2D eigenvalue weighted by molar-refractivity contribution is 9.10. The molecule has 0 unspecified atom stereocenters. The fraction of sp³-hybridized carbons (Fsp3) is 0.250. The molecule has 0 atom stereocenters. The summed E-state index contributed by atoms with van der Waals surface area (Å²) >= 11 is 3.57. The molecule has 11 nitrogen and oxygen atoms in total. The number of rotatable bonds is 7. The van der Waals surface area contributed by atoms with Gasteiger partial charge in [0.05, 0.1) is 45.2 Å². The van der Waals surface area contributed by atoms with Crippen LogP contribution in [0, 0.1) is 0 Å². The predicted octanol–water partition coefficient (Wildman–Crippen LogP) is 5.32. The molecule has 2 N–H and O–H groups in total. The van der Waals surface area contributed by atoms with E-state index in [2.05, 4.69) is 57.6 Å². The lowest BCUT2D eigenvalue weighted by molar-refractivity contribution is 0.358. The van der Waals surface area contributed by atoms with Gasteiger partial charge in [-0.25, -0.2) is 4.98 Å². The third kappa shape index (κ3) is 5.13. The maximum Gasteiger partial charge on any atom is 0.229 e. The number of anilines is 5. The van der Waals surface area contributed by atoms with Crippen LogP contribution in [-0.4, -0.2) is 63.7 Å². The second kappa shape index (κ2) is 10.4. The van der Waals surface area contributed by atoms with Crippen LogP contribution in [0.2, 0.25) is 0 Å². The van der Waals surface area contributed by atoms with E-state index in [0.29, 0.717) is 44.9 Å². The minimum Gasteiger partial charge on any atom is -0.491 e. The van der Waals surface area contributed by atoms with Crippen molar-refractivity contribution in [3.05, 3.63) is 59.2 Å². The molecule has 0 saturated heterocycles. The number of benzene rings is 2. The molecule has 0 spiro atoms. The number of aromatic nitrogens is 6. The summed E-state index contributed by atoms with van der Waals surface area (Å²) in [5.74, 6) is 1.67. The largest absolute Gasteiger partial charge is 0.491 e. The molecule has 2 aromatic carbocycles. The van der Waals surface area contributed by atoms with E-state index in [4.69, 9.17) is 9.72 Å². The van der Waals surface area contributed by atoms with Gasteiger partial charge in [-0.15, -0.1) is 0 Å². The van der Waals surface area contributed by atoms with Crippen LogP contribution in [0.3, 0.4) is 0 Å². The molecule has 0 amide bonds. The Labute approximate surface area is 245 Å². The molecule has 3 aromatic heterocycles. The first-order chi connectivity index (χ1) is 19.6. The molecule has 5 aromatic rings. The highest BCUT2D eigenvalue weighted by Crippen LogP contribution is 2.47. The van der Waals surface area contributed by atoms with Crippen LogP contribution >= 0.6 is 23.1 Å². The van der Waals surface area contributed by atoms with Gasteiger partial charge in [0.2, 0.25) is 5.95 Å². The summed E-state index contributed by atoms with van der Waals surface area (Å²) < 4.78 is 21.9. The van der Waals surface area contributed by atoms with Crippen molar-refractivity contribution in [3.63, 3.8) is 0 Å². The van der Waals surface area contributed by atoms with Crippen LogP contribution in [0.25, 0.3) is 22.2 Å². The quantitative estimate of drug-likeness (QED) is 0.228. The van der Waals surface area contributed by atoms with Crippen molar-refractivity contribution in [1.29, 1.82) is 0 Å². The van der Waals surface area contributed by atoms with Gasteiger partial charge in [0.1, 0.15) is 24.2 Å². The second-order valence-corrected chi connectivity index (χ2v) is 14.4. The fourth-order valence-corrected chi connectivity index (χ4v) is 6.86. The van der Waals surface area contributed by atoms with Gasteiger partial charge < -0.3 is 24.8 Å². The van der Waals surface area contributed by atoms with Crippen LogP contribution in [0.5, 0.6) is 5.75 Å². The molecule has 0 bridgehead atoms. The van der Waals surface area contributed by atoms with E-state index in [-0.39, 0.29) is 0 Å². The molecule has 0 fully saturated rings. The van der Waals surface area contributed by atoms with Crippen LogP contribution in [-0.2, 0) is 18.0 Å². The first-order valence-electron chi connectivity index (χ1n) is 12.9. The number of hydrogen-bond acceptors (Lipinski definition) is 10. The number of nitrogens with one attached hydrogen (secondary N) is 2. The van der Waals surface area contributed by atoms with E-state index in [9.17, 15) is 4.57 Å². The summed E-state index contributed by atoms with van der Waals surface area (Å²) in [6.07, 6.45) is 9.56. The Morgan fingerprint density at radius 1 is 1.07 bits per heavy atom. The lowest BCUT2D eigenvalue weighted by Crippen LogP contribution is -2.14. The van der Waals surface area contributed by atoms with Gasteiger partial charge in [-0.3, -0.25) is 14.6 Å². The zero-order valence-electron chi connectivity index (χ0n) is 23.3. The molecule has 1 aliphatic heterocycles. The van der Waals surface area contributed by atoms with Crippen LogP contribution in [0.15, 0.2) is 53.7 Å². The summed E-state index contributed by atoms with van der Waals surface area (Å²) in [5, 5.41) is 11.7. The van der Waals surface area contributed by atoms with Gasteiger partial charge in [0.25, 0.3) is 0 Å². The molecule has 6 rings (SSSR count). The summed E-state index contributed by atoms with van der Waals surface area (Å²) in [5.41, 5.74) is 6.96. The van der Waals surface area contributed by atoms with Crippen molar-refractivity contribution in [2.75, 3.05) is 49.6 Å². The van der Waals surface area contributed by atoms with E-state index in [1.165, 1.54) is 0 Å². The monoisotopic (exact) mass is 633 g/mol. The minimum atomic E-state index is -2.74. The molecule has 41 heavy (non-hydrogen) atoms. The number of ether oxygens (including phenoxy) is 1. The second-order valence-electron chi connectivity index (χ2n) is 10.4. The van der Waals surface area contributed by atoms with E-state index >= 15 is 0 Å². The molecule has 1 aliphatic rings. The zero-order chi connectivity index (χ0) is 28.9. The Balaban J connectivity index is 1.41. The first-order valence-corrected chi connectivity index (χ1v) is 16.3. The summed E-state index contributed by atoms with van der Waals surface area (Å²) in [6.45, 7) is 4.04. The van der Waals surface area contributed by atoms with Gasteiger partial charge in [-0.05, 0) is 47.5 Å². The van der Waals surface area contributed by atoms with Crippen LogP contribution in [0.1, 0.15) is 5.56 Å². The maximum atomic E-state index is 13.4. The summed E-state index contributed by atoms with van der Waals surface area (Å²) in [6, 6.07) is 5.76. The molecule has 0 radical (unpaired) electrons. The van der Waals surface area contributed by atoms with Crippen molar-refractivity contribution >= 4 is 68.2 Å². The number of fused-ring (bicyclic) bond motifs is 2. The highest BCUT2D eigenvalue weighted by atomic mass is 79.9. The zero-order valence-corrected chi connectivity index (χ0v) is 25.8. The molecular weight excluding hydrogens is 605 g/mol. The molecule has 4 heterocycles. The van der Waals surface area contributed by atoms with E-state index in [1.54, 1.807) is 36.6 Å². The summed E-state index contributed by atoms with van der Waals surface area (Å²) in [7, 11) is 3.24. The third-order valence-corrected chi connectivity index (χ3v) is 8.92. The van der Waals surface area contributed by atoms with E-state index < -0.39 is 7.14 Å². The van der Waals surface area contributed by atoms with Crippen molar-refractivity contribution in [1.82, 2.24) is 29.7 Å². The van der Waals surface area contributed by atoms with Gasteiger partial charge in [-0.2, -0.15) is 10.1 Å². The number of aryl methyl sites for hydroxylation is 1. The molecular formula is C28H29BrN9O2P. The number of nitrogens with zero attached hydrogens (tertiary/aromatic N) is 7. The highest BCUT2D eigenvalue weighted by Gasteiger charge is 2.27. The molecule has 13 heteroatoms. The maximum absolute atomic E-state index is 13.4. The average molecular weight is 634 g/mol. The lowest BCUT2D eigenvalue weighted by Gasteiger charge is -2.22. The Hall–Kier alpha value is -4.02. The van der Waals surface area contributed by atoms with Crippen molar-refractivity contribution in [3.8, 4) is 16.9 Å². The smallest absolute Gasteiger partial charge is 0.229 e. The van der Waals surface area contributed by atoms with Gasteiger partial charge >= 0.3 is 0 Å². The van der Waals surface area contributed by atoms with Crippen molar-refractivity contribution in [2.24, 2.45) is 7.05 Å². The average Bonchev–Trinajstić information content (AvgIpc) is 3.59. The topological polar surface area (TPSA) is 123 Å². The van der Waals surface area contributed by atoms with Gasteiger partial charge in [0.15, 0.2) is 0 Å². The van der Waals surface area contributed by atoms with Crippen molar-refractivity contribution < 1.29 is 9.30 Å². The molecule has 0 saturated carbocycles. The summed E-state index contributed by atoms with van der Waals surface area (Å²) in [4.78, 5) is 20.3. The Morgan fingerprint density at radius 2 is 1.88 bits per heavy atom. The third-order valence-electron chi connectivity index (χ3n) is 6.81. The Kier molecular flexibility index (Phi) is 6.91. The molecule has 210 valence electrons. The van der Waals surface area contributed by atoms with Crippen LogP contribution in [0.4, 0.5) is 28.8 Å². The fourth-order valence-electron chi connectivity index (χ4n) is 5.18. The van der Waals surface area contributed by atoms with E-state index in [1.807, 2.05) is 45.7 Å². The minimum absolute atomic E-state index is 0.376. The standard InChI is InChI=1S/C28H29BrN9O2P/c1-37(2)24-17-8-11-40-25(17)22(12-18(24)16-13-33-38(3)15-16)35-28-32-14-19(29)27(36-28)34-21-7-6-20-23(31-10-9-30-20)26(21)41(4,5)39/h6-7,9-10,12-15H,8,11H2,1-5H3,(H2,32,34,35,36). The Bertz CT molecular complexity index is 1850. The van der Waals surface area contributed by atoms with Crippen molar-refractivity contribution in [2.45, 2.75) is 6.42 Å². The normalized spacial score (nSPS) is 12.7. The number of hydrogen-bond donors (Lipinski definition) is 2. The van der Waals surface area contributed by atoms with Gasteiger partial charge in [0, 0.05) is 69.0 Å². The first kappa shape index (κ1) is 27.2. The van der Waals surface area contributed by atoms with E-state index in [0.717, 1.165) is 40.2 Å². The van der Waals surface area contributed by atoms with Crippen LogP contribution < -0.4 is 25.6 Å². The lowest BCUT2D eigenvalue weighted by atomic mass is 9.98. The predicted molar refractivity (Wildman–Crippen MR) is 167 cm³/mol. The van der Waals surface area contributed by atoms with Gasteiger partial charge in [-0.1, -0.05) is 0 Å². The molecule has 0 aliphatic carbocycles.